The second kappa shape index (κ2) is 10.2. The summed E-state index contributed by atoms with van der Waals surface area (Å²) in [6.07, 6.45) is 0. The molecule has 6 nitrogen and oxygen atoms in total. The zero-order valence-electron chi connectivity index (χ0n) is 13.7. The van der Waals surface area contributed by atoms with E-state index in [1.165, 1.54) is 18.2 Å². The molecule has 2 amide bonds. The molecule has 0 spiro atoms. The Morgan fingerprint density at radius 2 is 1.88 bits per heavy atom. The fraction of sp³-hybridized carbons (Fsp3) is 0.500. The average Bonchev–Trinajstić information content (AvgIpc) is 2.58. The van der Waals surface area contributed by atoms with Gasteiger partial charge in [-0.25, -0.2) is 4.39 Å². The fourth-order valence-corrected chi connectivity index (χ4v) is 2.44. The summed E-state index contributed by atoms with van der Waals surface area (Å²) in [6.45, 7) is 3.35. The van der Waals surface area contributed by atoms with Gasteiger partial charge in [-0.3, -0.25) is 9.59 Å². The predicted octanol–water partition coefficient (Wildman–Crippen LogP) is 0.768. The third-order valence-electron chi connectivity index (χ3n) is 3.75. The van der Waals surface area contributed by atoms with E-state index < -0.39 is 5.82 Å². The molecule has 0 saturated carbocycles. The van der Waals surface area contributed by atoms with Gasteiger partial charge in [0.1, 0.15) is 5.82 Å². The van der Waals surface area contributed by atoms with Crippen LogP contribution in [-0.4, -0.2) is 74.6 Å². The van der Waals surface area contributed by atoms with Gasteiger partial charge in [-0.2, -0.15) is 0 Å². The highest BCUT2D eigenvalue weighted by Crippen LogP contribution is 2.10. The topological polar surface area (TPSA) is 61.9 Å². The lowest BCUT2D eigenvalue weighted by molar-refractivity contribution is -0.131. The highest BCUT2D eigenvalue weighted by molar-refractivity contribution is 5.94. The maximum Gasteiger partial charge on any atom is 0.254 e. The van der Waals surface area contributed by atoms with Crippen LogP contribution in [-0.2, 0) is 9.53 Å². The molecular weight excluding hydrogens is 337 g/mol. The van der Waals surface area contributed by atoms with Crippen molar-refractivity contribution in [1.82, 2.24) is 15.1 Å². The fourth-order valence-electron chi connectivity index (χ4n) is 2.44. The molecule has 1 fully saturated rings. The smallest absolute Gasteiger partial charge is 0.254 e. The first-order valence-electron chi connectivity index (χ1n) is 7.64. The summed E-state index contributed by atoms with van der Waals surface area (Å²) in [7, 11) is 1.61. The molecule has 0 aromatic heterocycles. The molecule has 0 aliphatic carbocycles. The van der Waals surface area contributed by atoms with E-state index in [0.29, 0.717) is 44.9 Å². The molecule has 1 aromatic carbocycles. The minimum Gasteiger partial charge on any atom is -0.383 e. The number of hydrogen-bond donors (Lipinski definition) is 1. The standard InChI is InChI=1S/C16H22FN3O3.ClH/c1-23-10-5-18-12-15(21)19-6-8-20(9-7-19)16(22)13-3-2-4-14(17)11-13;/h2-4,11,18H,5-10,12H2,1H3;1H. The van der Waals surface area contributed by atoms with Gasteiger partial charge in [0.2, 0.25) is 5.91 Å². The van der Waals surface area contributed by atoms with Crippen LogP contribution in [0.4, 0.5) is 4.39 Å². The molecule has 134 valence electrons. The van der Waals surface area contributed by atoms with Crippen LogP contribution in [0.25, 0.3) is 0 Å². The van der Waals surface area contributed by atoms with Crippen LogP contribution in [0.3, 0.4) is 0 Å². The summed E-state index contributed by atoms with van der Waals surface area (Å²) < 4.78 is 18.1. The third-order valence-corrected chi connectivity index (χ3v) is 3.75. The summed E-state index contributed by atoms with van der Waals surface area (Å²) in [5.41, 5.74) is 0.339. The number of amides is 2. The molecule has 1 saturated heterocycles. The Labute approximate surface area is 147 Å². The van der Waals surface area contributed by atoms with Gasteiger partial charge in [-0.05, 0) is 18.2 Å². The first-order chi connectivity index (χ1) is 11.1. The van der Waals surface area contributed by atoms with Crippen molar-refractivity contribution >= 4 is 24.2 Å². The SMILES string of the molecule is COCCNCC(=O)N1CCN(C(=O)c2cccc(F)c2)CC1.Cl. The van der Waals surface area contributed by atoms with Crippen molar-refractivity contribution in [2.24, 2.45) is 0 Å². The van der Waals surface area contributed by atoms with Crippen molar-refractivity contribution < 1.29 is 18.7 Å². The van der Waals surface area contributed by atoms with E-state index in [2.05, 4.69) is 5.32 Å². The molecule has 1 aromatic rings. The predicted molar refractivity (Wildman–Crippen MR) is 90.9 cm³/mol. The van der Waals surface area contributed by atoms with Crippen molar-refractivity contribution in [3.05, 3.63) is 35.6 Å². The van der Waals surface area contributed by atoms with Gasteiger partial charge in [-0.15, -0.1) is 12.4 Å². The number of ether oxygens (including phenoxy) is 1. The molecule has 0 bridgehead atoms. The Kier molecular flexibility index (Phi) is 8.67. The monoisotopic (exact) mass is 359 g/mol. The van der Waals surface area contributed by atoms with E-state index in [1.54, 1.807) is 23.0 Å². The maximum absolute atomic E-state index is 13.2. The zero-order chi connectivity index (χ0) is 16.7. The minimum atomic E-state index is -0.424. The number of carbonyl (C=O) groups excluding carboxylic acids is 2. The highest BCUT2D eigenvalue weighted by Gasteiger charge is 2.24. The van der Waals surface area contributed by atoms with Crippen LogP contribution in [0.15, 0.2) is 24.3 Å². The summed E-state index contributed by atoms with van der Waals surface area (Å²) in [6, 6.07) is 5.67. The normalized spacial score (nSPS) is 14.2. The molecule has 1 aliphatic rings. The van der Waals surface area contributed by atoms with Crippen LogP contribution in [0.5, 0.6) is 0 Å². The van der Waals surface area contributed by atoms with Gasteiger partial charge in [0.15, 0.2) is 0 Å². The Morgan fingerprint density at radius 1 is 1.21 bits per heavy atom. The van der Waals surface area contributed by atoms with Crippen LogP contribution >= 0.6 is 12.4 Å². The molecule has 8 heteroatoms. The number of benzene rings is 1. The zero-order valence-corrected chi connectivity index (χ0v) is 14.5. The van der Waals surface area contributed by atoms with Crippen molar-refractivity contribution in [3.63, 3.8) is 0 Å². The molecule has 2 rings (SSSR count). The average molecular weight is 360 g/mol. The molecule has 24 heavy (non-hydrogen) atoms. The molecule has 0 unspecified atom stereocenters. The summed E-state index contributed by atoms with van der Waals surface area (Å²) >= 11 is 0. The first-order valence-corrected chi connectivity index (χ1v) is 7.64. The summed E-state index contributed by atoms with van der Waals surface area (Å²) in [4.78, 5) is 27.7. The Hall–Kier alpha value is -1.70. The number of hydrogen-bond acceptors (Lipinski definition) is 4. The lowest BCUT2D eigenvalue weighted by Crippen LogP contribution is -2.52. The number of methoxy groups -OCH3 is 1. The van der Waals surface area contributed by atoms with E-state index in [-0.39, 0.29) is 30.8 Å². The van der Waals surface area contributed by atoms with Crippen LogP contribution in [0.1, 0.15) is 10.4 Å². The number of halogens is 2. The Bertz CT molecular complexity index is 551. The molecule has 1 N–H and O–H groups in total. The molecule has 0 radical (unpaired) electrons. The number of rotatable bonds is 6. The van der Waals surface area contributed by atoms with Crippen LogP contribution in [0.2, 0.25) is 0 Å². The van der Waals surface area contributed by atoms with Crippen molar-refractivity contribution in [2.75, 3.05) is 53.0 Å². The second-order valence-corrected chi connectivity index (χ2v) is 5.35. The van der Waals surface area contributed by atoms with Gasteiger partial charge in [0.25, 0.3) is 5.91 Å². The van der Waals surface area contributed by atoms with E-state index in [0.717, 1.165) is 0 Å². The second-order valence-electron chi connectivity index (χ2n) is 5.35. The van der Waals surface area contributed by atoms with Crippen molar-refractivity contribution in [2.45, 2.75) is 0 Å². The van der Waals surface area contributed by atoms with E-state index in [9.17, 15) is 14.0 Å². The van der Waals surface area contributed by atoms with E-state index >= 15 is 0 Å². The van der Waals surface area contributed by atoms with Crippen molar-refractivity contribution in [1.29, 1.82) is 0 Å². The van der Waals surface area contributed by atoms with E-state index in [4.69, 9.17) is 4.74 Å². The Morgan fingerprint density at radius 3 is 2.50 bits per heavy atom. The maximum atomic E-state index is 13.2. The molecule has 1 aliphatic heterocycles. The van der Waals surface area contributed by atoms with Gasteiger partial charge < -0.3 is 19.9 Å². The minimum absolute atomic E-state index is 0. The third kappa shape index (κ3) is 5.74. The summed E-state index contributed by atoms with van der Waals surface area (Å²) in [5, 5.41) is 3.01. The first kappa shape index (κ1) is 20.3. The quantitative estimate of drug-likeness (QED) is 0.762. The largest absolute Gasteiger partial charge is 0.383 e. The highest BCUT2D eigenvalue weighted by atomic mass is 35.5. The molecule has 1 heterocycles. The molecular formula is C16H23ClFN3O3. The van der Waals surface area contributed by atoms with Gasteiger partial charge >= 0.3 is 0 Å². The van der Waals surface area contributed by atoms with E-state index in [1.807, 2.05) is 0 Å². The number of carbonyl (C=O) groups is 2. The lowest BCUT2D eigenvalue weighted by Gasteiger charge is -2.35. The number of nitrogens with zero attached hydrogens (tertiary/aromatic N) is 2. The summed E-state index contributed by atoms with van der Waals surface area (Å²) in [5.74, 6) is -0.611. The van der Waals surface area contributed by atoms with Crippen LogP contribution in [0, 0.1) is 5.82 Å². The van der Waals surface area contributed by atoms with Gasteiger partial charge in [0, 0.05) is 45.4 Å². The number of nitrogens with one attached hydrogen (secondary N) is 1. The molecule has 0 atom stereocenters. The van der Waals surface area contributed by atoms with Crippen molar-refractivity contribution in [3.8, 4) is 0 Å². The van der Waals surface area contributed by atoms with Crippen LogP contribution < -0.4 is 5.32 Å². The lowest BCUT2D eigenvalue weighted by atomic mass is 10.1. The van der Waals surface area contributed by atoms with Gasteiger partial charge in [-0.1, -0.05) is 6.07 Å². The number of piperazine rings is 1. The van der Waals surface area contributed by atoms with Gasteiger partial charge in [0.05, 0.1) is 13.2 Å². The Balaban J connectivity index is 0.00000288.